The zero-order valence-electron chi connectivity index (χ0n) is 13.1. The van der Waals surface area contributed by atoms with Gasteiger partial charge in [-0.15, -0.1) is 0 Å². The molecular weight excluding hydrogens is 314 g/mol. The summed E-state index contributed by atoms with van der Waals surface area (Å²) >= 11 is 0. The third-order valence-corrected chi connectivity index (χ3v) is 3.64. The highest BCUT2D eigenvalue weighted by Crippen LogP contribution is 2.21. The predicted octanol–water partition coefficient (Wildman–Crippen LogP) is 4.05. The van der Waals surface area contributed by atoms with Crippen LogP contribution in [-0.4, -0.2) is 16.6 Å². The second-order valence-corrected chi connectivity index (χ2v) is 5.42. The highest BCUT2D eigenvalue weighted by molar-refractivity contribution is 5.79. The van der Waals surface area contributed by atoms with Crippen molar-refractivity contribution in [2.45, 2.75) is 19.8 Å². The van der Waals surface area contributed by atoms with Gasteiger partial charge in [0.1, 0.15) is 11.6 Å². The van der Waals surface area contributed by atoms with Gasteiger partial charge in [-0.1, -0.05) is 13.3 Å². The number of halogens is 2. The number of hydrogen-bond acceptors (Lipinski definition) is 3. The summed E-state index contributed by atoms with van der Waals surface area (Å²) in [5.74, 6) is -1.09. The topological polar surface area (TPSA) is 55.0 Å². The minimum Gasteiger partial charge on any atom is -0.494 e. The van der Waals surface area contributed by atoms with Gasteiger partial charge in [-0.2, -0.15) is 0 Å². The molecule has 0 aliphatic rings. The molecule has 4 nitrogen and oxygen atoms in total. The van der Waals surface area contributed by atoms with Gasteiger partial charge in [-0.25, -0.2) is 13.8 Å². The molecular formula is C18H16F2N2O2. The van der Waals surface area contributed by atoms with Gasteiger partial charge in [-0.05, 0) is 36.8 Å². The number of fused-ring (bicyclic) bond motifs is 1. The van der Waals surface area contributed by atoms with E-state index < -0.39 is 17.2 Å². The molecule has 0 bridgehead atoms. The van der Waals surface area contributed by atoms with Crippen molar-refractivity contribution in [3.05, 3.63) is 58.4 Å². The number of nitrogens with one attached hydrogen (secondary N) is 1. The van der Waals surface area contributed by atoms with E-state index in [1.807, 2.05) is 0 Å². The zero-order chi connectivity index (χ0) is 17.1. The number of unbranched alkanes of at least 4 members (excludes halogenated alkanes) is 1. The molecule has 0 aliphatic carbocycles. The van der Waals surface area contributed by atoms with Crippen LogP contribution in [0.4, 0.5) is 8.78 Å². The monoisotopic (exact) mass is 330 g/mol. The molecule has 0 saturated carbocycles. The summed E-state index contributed by atoms with van der Waals surface area (Å²) in [7, 11) is 0. The van der Waals surface area contributed by atoms with Crippen LogP contribution in [0, 0.1) is 11.6 Å². The van der Waals surface area contributed by atoms with Gasteiger partial charge in [0, 0.05) is 11.6 Å². The minimum absolute atomic E-state index is 0.0113. The fraction of sp³-hybridized carbons (Fsp3) is 0.222. The highest BCUT2D eigenvalue weighted by atomic mass is 19.2. The lowest BCUT2D eigenvalue weighted by atomic mass is 10.2. The summed E-state index contributed by atoms with van der Waals surface area (Å²) in [5, 5.41) is 0.0113. The summed E-state index contributed by atoms with van der Waals surface area (Å²) in [6.45, 7) is 2.73. The molecule has 124 valence electrons. The first-order chi connectivity index (χ1) is 11.6. The normalized spacial score (nSPS) is 11.0. The average molecular weight is 330 g/mol. The van der Waals surface area contributed by atoms with E-state index in [0.29, 0.717) is 18.0 Å². The van der Waals surface area contributed by atoms with Crippen LogP contribution in [0.25, 0.3) is 22.3 Å². The van der Waals surface area contributed by atoms with Gasteiger partial charge < -0.3 is 9.72 Å². The third-order valence-electron chi connectivity index (χ3n) is 3.64. The van der Waals surface area contributed by atoms with E-state index in [9.17, 15) is 13.6 Å². The maximum Gasteiger partial charge on any atom is 0.259 e. The van der Waals surface area contributed by atoms with Crippen LogP contribution in [0.1, 0.15) is 19.8 Å². The Morgan fingerprint density at radius 2 is 1.83 bits per heavy atom. The van der Waals surface area contributed by atoms with Gasteiger partial charge in [0.15, 0.2) is 11.6 Å². The second-order valence-electron chi connectivity index (χ2n) is 5.42. The Labute approximate surface area is 137 Å². The van der Waals surface area contributed by atoms with Gasteiger partial charge >= 0.3 is 0 Å². The van der Waals surface area contributed by atoms with Crippen molar-refractivity contribution in [2.24, 2.45) is 0 Å². The number of ether oxygens (including phenoxy) is 1. The van der Waals surface area contributed by atoms with E-state index in [4.69, 9.17) is 4.74 Å². The standard InChI is InChI=1S/C18H16F2N2O2/c1-2-3-8-24-12-6-4-11(5-7-12)17-21-16-10-15(20)14(19)9-13(16)18(23)22-17/h4-7,9-10H,2-3,8H2,1H3,(H,21,22,23). The van der Waals surface area contributed by atoms with Gasteiger partial charge in [0.2, 0.25) is 0 Å². The lowest BCUT2D eigenvalue weighted by Crippen LogP contribution is -2.10. The van der Waals surface area contributed by atoms with Crippen LogP contribution in [0.3, 0.4) is 0 Å². The molecule has 0 radical (unpaired) electrons. The second kappa shape index (κ2) is 6.78. The molecule has 0 fully saturated rings. The van der Waals surface area contributed by atoms with Crippen molar-refractivity contribution < 1.29 is 13.5 Å². The predicted molar refractivity (Wildman–Crippen MR) is 88.1 cm³/mol. The van der Waals surface area contributed by atoms with Crippen LogP contribution < -0.4 is 10.3 Å². The van der Waals surface area contributed by atoms with Crippen LogP contribution >= 0.6 is 0 Å². The summed E-state index contributed by atoms with van der Waals surface area (Å²) in [5.41, 5.74) is 0.245. The highest BCUT2D eigenvalue weighted by Gasteiger charge is 2.10. The summed E-state index contributed by atoms with van der Waals surface area (Å²) < 4.78 is 32.2. The number of benzene rings is 2. The van der Waals surface area contributed by atoms with E-state index >= 15 is 0 Å². The average Bonchev–Trinajstić information content (AvgIpc) is 2.57. The molecule has 6 heteroatoms. The summed E-state index contributed by atoms with van der Waals surface area (Å²) in [6.07, 6.45) is 2.03. The van der Waals surface area contributed by atoms with Crippen molar-refractivity contribution in [2.75, 3.05) is 6.61 Å². The molecule has 0 saturated heterocycles. The molecule has 1 N–H and O–H groups in total. The van der Waals surface area contributed by atoms with Crippen LogP contribution in [0.15, 0.2) is 41.2 Å². The largest absolute Gasteiger partial charge is 0.494 e. The minimum atomic E-state index is -1.07. The van der Waals surface area contributed by atoms with Crippen molar-refractivity contribution in [1.29, 1.82) is 0 Å². The van der Waals surface area contributed by atoms with Crippen LogP contribution in [-0.2, 0) is 0 Å². The van der Waals surface area contributed by atoms with Gasteiger partial charge in [0.25, 0.3) is 5.56 Å². The van der Waals surface area contributed by atoms with Crippen molar-refractivity contribution in [1.82, 2.24) is 9.97 Å². The molecule has 0 spiro atoms. The molecule has 1 heterocycles. The maximum absolute atomic E-state index is 13.4. The third kappa shape index (κ3) is 3.27. The molecule has 0 amide bonds. The first kappa shape index (κ1) is 16.1. The van der Waals surface area contributed by atoms with E-state index in [1.54, 1.807) is 24.3 Å². The fourth-order valence-corrected chi connectivity index (χ4v) is 2.31. The smallest absolute Gasteiger partial charge is 0.259 e. The molecule has 0 aliphatic heterocycles. The Bertz CT molecular complexity index is 921. The van der Waals surface area contributed by atoms with Crippen LogP contribution in [0.5, 0.6) is 5.75 Å². The quantitative estimate of drug-likeness (QED) is 0.718. The van der Waals surface area contributed by atoms with Gasteiger partial charge in [-0.3, -0.25) is 4.79 Å². The number of H-pyrrole nitrogens is 1. The van der Waals surface area contributed by atoms with Crippen LogP contribution in [0.2, 0.25) is 0 Å². The first-order valence-electron chi connectivity index (χ1n) is 7.71. The van der Waals surface area contributed by atoms with E-state index in [1.165, 1.54) is 0 Å². The molecule has 2 aromatic carbocycles. The lowest BCUT2D eigenvalue weighted by molar-refractivity contribution is 0.309. The number of rotatable bonds is 5. The van der Waals surface area contributed by atoms with Crippen molar-refractivity contribution in [3.8, 4) is 17.1 Å². The summed E-state index contributed by atoms with van der Waals surface area (Å²) in [4.78, 5) is 18.9. The van der Waals surface area contributed by atoms with E-state index in [2.05, 4.69) is 16.9 Å². The number of nitrogens with zero attached hydrogens (tertiary/aromatic N) is 1. The number of aromatic nitrogens is 2. The Kier molecular flexibility index (Phi) is 4.55. The maximum atomic E-state index is 13.4. The molecule has 3 rings (SSSR count). The lowest BCUT2D eigenvalue weighted by Gasteiger charge is -2.07. The molecule has 0 atom stereocenters. The molecule has 1 aromatic heterocycles. The Hall–Kier alpha value is -2.76. The first-order valence-corrected chi connectivity index (χ1v) is 7.71. The Morgan fingerprint density at radius 1 is 1.12 bits per heavy atom. The van der Waals surface area contributed by atoms with Crippen molar-refractivity contribution >= 4 is 10.9 Å². The van der Waals surface area contributed by atoms with Crippen molar-refractivity contribution in [3.63, 3.8) is 0 Å². The van der Waals surface area contributed by atoms with E-state index in [-0.39, 0.29) is 10.9 Å². The Balaban J connectivity index is 1.94. The number of aromatic amines is 1. The fourth-order valence-electron chi connectivity index (χ4n) is 2.31. The Morgan fingerprint density at radius 3 is 2.54 bits per heavy atom. The summed E-state index contributed by atoms with van der Waals surface area (Å²) in [6, 6.07) is 8.84. The number of hydrogen-bond donors (Lipinski definition) is 1. The zero-order valence-corrected chi connectivity index (χ0v) is 13.1. The van der Waals surface area contributed by atoms with Gasteiger partial charge in [0.05, 0.1) is 17.5 Å². The molecule has 0 unspecified atom stereocenters. The molecule has 3 aromatic rings. The molecule has 24 heavy (non-hydrogen) atoms. The SMILES string of the molecule is CCCCOc1ccc(-c2nc3cc(F)c(F)cc3c(=O)[nH]2)cc1. The van der Waals surface area contributed by atoms with E-state index in [0.717, 1.165) is 30.7 Å².